The fraction of sp³-hybridized carbons (Fsp3) is 0.733. The van der Waals surface area contributed by atoms with Crippen LogP contribution in [0.5, 0.6) is 0 Å². The van der Waals surface area contributed by atoms with E-state index in [-0.39, 0.29) is 16.6 Å². The van der Waals surface area contributed by atoms with Crippen LogP contribution >= 0.6 is 11.6 Å². The van der Waals surface area contributed by atoms with Crippen molar-refractivity contribution >= 4 is 17.3 Å². The van der Waals surface area contributed by atoms with Crippen molar-refractivity contribution in [3.05, 3.63) is 21.6 Å². The number of halogens is 1. The summed E-state index contributed by atoms with van der Waals surface area (Å²) in [6, 6.07) is 0.145. The predicted octanol–water partition coefficient (Wildman–Crippen LogP) is 1.66. The van der Waals surface area contributed by atoms with Crippen molar-refractivity contribution in [2.24, 2.45) is 5.92 Å². The molecule has 2 N–H and O–H groups in total. The molecule has 0 spiro atoms. The first-order valence-electron chi connectivity index (χ1n) is 8.05. The molecule has 1 atom stereocenters. The second-order valence-corrected chi connectivity index (χ2v) is 6.45. The van der Waals surface area contributed by atoms with Crippen LogP contribution in [0.25, 0.3) is 0 Å². The fourth-order valence-corrected chi connectivity index (χ4v) is 3.30. The van der Waals surface area contributed by atoms with Crippen LogP contribution in [-0.2, 0) is 4.74 Å². The van der Waals surface area contributed by atoms with Gasteiger partial charge in [0.15, 0.2) is 0 Å². The summed E-state index contributed by atoms with van der Waals surface area (Å²) >= 11 is 6.25. The third-order valence-corrected chi connectivity index (χ3v) is 4.80. The maximum absolute atomic E-state index is 12.4. The molecule has 3 rings (SSSR count). The zero-order valence-corrected chi connectivity index (χ0v) is 13.4. The van der Waals surface area contributed by atoms with Crippen molar-refractivity contribution in [2.75, 3.05) is 38.2 Å². The summed E-state index contributed by atoms with van der Waals surface area (Å²) in [5.41, 5.74) is 0.431. The van der Waals surface area contributed by atoms with E-state index in [9.17, 15) is 4.79 Å². The SMILES string of the molecule is O=c1c(Cl)c(NC[C@@H]2CCCOC2)cnn1C1CCNCC1. The number of hydrogen-bond acceptors (Lipinski definition) is 5. The largest absolute Gasteiger partial charge is 0.382 e. The molecule has 3 heterocycles. The maximum atomic E-state index is 12.4. The lowest BCUT2D eigenvalue weighted by Crippen LogP contribution is -2.36. The second-order valence-electron chi connectivity index (χ2n) is 6.07. The molecule has 0 bridgehead atoms. The summed E-state index contributed by atoms with van der Waals surface area (Å²) in [6.07, 6.45) is 5.74. The average Bonchev–Trinajstić information content (AvgIpc) is 2.58. The number of anilines is 1. The highest BCUT2D eigenvalue weighted by Crippen LogP contribution is 2.21. The number of nitrogens with one attached hydrogen (secondary N) is 2. The molecule has 0 radical (unpaired) electrons. The van der Waals surface area contributed by atoms with Crippen LogP contribution in [0.1, 0.15) is 31.7 Å². The van der Waals surface area contributed by atoms with Crippen LogP contribution in [-0.4, -0.2) is 42.6 Å². The van der Waals surface area contributed by atoms with Gasteiger partial charge in [0, 0.05) is 13.2 Å². The lowest BCUT2D eigenvalue weighted by Gasteiger charge is -2.25. The first kappa shape index (κ1) is 15.8. The molecule has 122 valence electrons. The Labute approximate surface area is 135 Å². The Bertz CT molecular complexity index is 551. The van der Waals surface area contributed by atoms with Gasteiger partial charge in [-0.05, 0) is 44.7 Å². The highest BCUT2D eigenvalue weighted by atomic mass is 35.5. The van der Waals surface area contributed by atoms with Gasteiger partial charge < -0.3 is 15.4 Å². The highest BCUT2D eigenvalue weighted by molar-refractivity contribution is 6.32. The van der Waals surface area contributed by atoms with Crippen LogP contribution in [0.2, 0.25) is 5.02 Å². The molecular formula is C15H23ClN4O2. The van der Waals surface area contributed by atoms with Crippen molar-refractivity contribution in [1.29, 1.82) is 0 Å². The van der Waals surface area contributed by atoms with Gasteiger partial charge in [-0.3, -0.25) is 4.79 Å². The fourth-order valence-electron chi connectivity index (χ4n) is 3.10. The first-order valence-corrected chi connectivity index (χ1v) is 8.43. The lowest BCUT2D eigenvalue weighted by atomic mass is 10.0. The normalized spacial score (nSPS) is 23.4. The molecule has 0 aromatic carbocycles. The van der Waals surface area contributed by atoms with Gasteiger partial charge in [0.25, 0.3) is 5.56 Å². The molecule has 2 saturated heterocycles. The summed E-state index contributed by atoms with van der Waals surface area (Å²) in [4.78, 5) is 12.4. The molecule has 0 amide bonds. The molecule has 1 aromatic heterocycles. The van der Waals surface area contributed by atoms with Crippen LogP contribution in [0.15, 0.2) is 11.0 Å². The molecule has 0 aliphatic carbocycles. The Balaban J connectivity index is 1.67. The Kier molecular flexibility index (Phi) is 5.33. The van der Waals surface area contributed by atoms with Gasteiger partial charge in [0.2, 0.25) is 0 Å². The summed E-state index contributed by atoms with van der Waals surface area (Å²) < 4.78 is 7.00. The predicted molar refractivity (Wildman–Crippen MR) is 86.7 cm³/mol. The molecule has 0 saturated carbocycles. The van der Waals surface area contributed by atoms with Gasteiger partial charge >= 0.3 is 0 Å². The molecule has 2 aliphatic heterocycles. The van der Waals surface area contributed by atoms with E-state index >= 15 is 0 Å². The zero-order valence-electron chi connectivity index (χ0n) is 12.7. The van der Waals surface area contributed by atoms with E-state index in [1.807, 2.05) is 0 Å². The van der Waals surface area contributed by atoms with Crippen molar-refractivity contribution in [2.45, 2.75) is 31.7 Å². The van der Waals surface area contributed by atoms with E-state index in [2.05, 4.69) is 15.7 Å². The van der Waals surface area contributed by atoms with E-state index < -0.39 is 0 Å². The van der Waals surface area contributed by atoms with Gasteiger partial charge in [-0.2, -0.15) is 5.10 Å². The van der Waals surface area contributed by atoms with E-state index in [0.717, 1.165) is 58.5 Å². The maximum Gasteiger partial charge on any atom is 0.287 e. The van der Waals surface area contributed by atoms with Gasteiger partial charge in [0.05, 0.1) is 24.5 Å². The molecule has 2 aliphatic rings. The van der Waals surface area contributed by atoms with E-state index in [0.29, 0.717) is 11.6 Å². The number of ether oxygens (including phenoxy) is 1. The number of aromatic nitrogens is 2. The average molecular weight is 327 g/mol. The third-order valence-electron chi connectivity index (χ3n) is 4.43. The van der Waals surface area contributed by atoms with Gasteiger partial charge in [-0.1, -0.05) is 11.6 Å². The summed E-state index contributed by atoms with van der Waals surface area (Å²) in [5.74, 6) is 0.469. The van der Waals surface area contributed by atoms with Crippen molar-refractivity contribution in [1.82, 2.24) is 15.1 Å². The Morgan fingerprint density at radius 1 is 1.41 bits per heavy atom. The van der Waals surface area contributed by atoms with Gasteiger partial charge in [-0.25, -0.2) is 4.68 Å². The smallest absolute Gasteiger partial charge is 0.287 e. The Hall–Kier alpha value is -1.11. The molecule has 22 heavy (non-hydrogen) atoms. The van der Waals surface area contributed by atoms with Gasteiger partial charge in [0.1, 0.15) is 5.02 Å². The number of piperidine rings is 1. The minimum absolute atomic E-state index is 0.145. The van der Waals surface area contributed by atoms with Crippen molar-refractivity contribution < 1.29 is 4.74 Å². The number of nitrogens with zero attached hydrogens (tertiary/aromatic N) is 2. The second kappa shape index (κ2) is 7.44. The van der Waals surface area contributed by atoms with Gasteiger partial charge in [-0.15, -0.1) is 0 Å². The van der Waals surface area contributed by atoms with Crippen LogP contribution in [0.3, 0.4) is 0 Å². The molecule has 6 nitrogen and oxygen atoms in total. The summed E-state index contributed by atoms with van der Waals surface area (Å²) in [6.45, 7) is 4.21. The Morgan fingerprint density at radius 3 is 2.95 bits per heavy atom. The van der Waals surface area contributed by atoms with Crippen LogP contribution in [0, 0.1) is 5.92 Å². The van der Waals surface area contributed by atoms with Crippen LogP contribution < -0.4 is 16.2 Å². The minimum atomic E-state index is -0.196. The molecular weight excluding hydrogens is 304 g/mol. The quantitative estimate of drug-likeness (QED) is 0.880. The molecule has 2 fully saturated rings. The summed E-state index contributed by atoms with van der Waals surface area (Å²) in [7, 11) is 0. The lowest BCUT2D eigenvalue weighted by molar-refractivity contribution is 0.0595. The molecule has 0 unspecified atom stereocenters. The third kappa shape index (κ3) is 3.62. The number of rotatable bonds is 4. The zero-order chi connectivity index (χ0) is 15.4. The van der Waals surface area contributed by atoms with E-state index in [1.165, 1.54) is 4.68 Å². The molecule has 1 aromatic rings. The van der Waals surface area contributed by atoms with E-state index in [4.69, 9.17) is 16.3 Å². The van der Waals surface area contributed by atoms with Crippen LogP contribution in [0.4, 0.5) is 5.69 Å². The Morgan fingerprint density at radius 2 is 2.23 bits per heavy atom. The first-order chi connectivity index (χ1) is 10.8. The number of hydrogen-bond donors (Lipinski definition) is 2. The topological polar surface area (TPSA) is 68.2 Å². The summed E-state index contributed by atoms with van der Waals surface area (Å²) in [5, 5.41) is 11.1. The van der Waals surface area contributed by atoms with Crippen molar-refractivity contribution in [3.63, 3.8) is 0 Å². The highest BCUT2D eigenvalue weighted by Gasteiger charge is 2.20. The van der Waals surface area contributed by atoms with Crippen molar-refractivity contribution in [3.8, 4) is 0 Å². The molecule has 7 heteroatoms. The van der Waals surface area contributed by atoms with E-state index in [1.54, 1.807) is 6.20 Å². The standard InChI is InChI=1S/C15H23ClN4O2/c16-14-13(18-8-11-2-1-7-22-10-11)9-19-20(15(14)21)12-3-5-17-6-4-12/h9,11-12,17-18H,1-8,10H2/t11-/m0/s1. The minimum Gasteiger partial charge on any atom is -0.382 e. The monoisotopic (exact) mass is 326 g/mol.